The van der Waals surface area contributed by atoms with E-state index in [2.05, 4.69) is 16.9 Å². The number of nitrogens with zero attached hydrogens (tertiary/aromatic N) is 1. The summed E-state index contributed by atoms with van der Waals surface area (Å²) in [6.07, 6.45) is 2.91. The molecule has 0 unspecified atom stereocenters. The molecule has 0 amide bonds. The predicted molar refractivity (Wildman–Crippen MR) is 50.3 cm³/mol. The Labute approximate surface area is 90.5 Å². The Morgan fingerprint density at radius 2 is 1.94 bits per heavy atom. The fourth-order valence-corrected chi connectivity index (χ4v) is 0.651. The predicted octanol–water partition coefficient (Wildman–Crippen LogP) is 1.67. The molecule has 0 saturated carbocycles. The van der Waals surface area contributed by atoms with Crippen molar-refractivity contribution < 1.29 is 26.1 Å². The van der Waals surface area contributed by atoms with Gasteiger partial charge in [-0.3, -0.25) is 4.55 Å². The van der Waals surface area contributed by atoms with Crippen LogP contribution in [0.4, 0.5) is 13.2 Å². The normalized spacial score (nSPS) is 11.9. The quantitative estimate of drug-likeness (QED) is 0.594. The topological polar surface area (TPSA) is 83.0 Å². The fraction of sp³-hybridized carbons (Fsp3) is 0.571. The highest BCUT2D eigenvalue weighted by Gasteiger charge is 2.44. The number of hydrogen-bond acceptors (Lipinski definition) is 3. The lowest BCUT2D eigenvalue weighted by molar-refractivity contribution is -0.0510. The minimum Gasteiger partial charge on any atom is -0.346 e. The number of hydrogen-bond donors (Lipinski definition) is 2. The Hall–Kier alpha value is -1.09. The van der Waals surface area contributed by atoms with Crippen LogP contribution in [0.25, 0.3) is 0 Å². The molecule has 9 heteroatoms. The molecule has 1 aromatic heterocycles. The fourth-order valence-electron chi connectivity index (χ4n) is 0.651. The molecule has 0 bridgehead atoms. The second kappa shape index (κ2) is 5.30. The van der Waals surface area contributed by atoms with Gasteiger partial charge >= 0.3 is 15.6 Å². The first-order chi connectivity index (χ1) is 7.08. The van der Waals surface area contributed by atoms with Gasteiger partial charge < -0.3 is 4.98 Å². The number of alkyl halides is 3. The molecule has 1 heterocycles. The van der Waals surface area contributed by atoms with Gasteiger partial charge in [0.25, 0.3) is 0 Å². The van der Waals surface area contributed by atoms with E-state index in [0.29, 0.717) is 0 Å². The van der Waals surface area contributed by atoms with E-state index in [1.54, 1.807) is 0 Å². The lowest BCUT2D eigenvalue weighted by Crippen LogP contribution is -2.21. The van der Waals surface area contributed by atoms with Crippen molar-refractivity contribution in [3.05, 3.63) is 17.7 Å². The lowest BCUT2D eigenvalue weighted by atomic mass is 10.4. The van der Waals surface area contributed by atoms with Crippen LogP contribution in [0.15, 0.2) is 6.20 Å². The van der Waals surface area contributed by atoms with Gasteiger partial charge in [-0.05, 0) is 13.3 Å². The van der Waals surface area contributed by atoms with Crippen molar-refractivity contribution >= 4 is 10.1 Å². The van der Waals surface area contributed by atoms with Crippen LogP contribution in [-0.2, 0) is 16.5 Å². The Balaban J connectivity index is 0.000000281. The second-order valence-corrected chi connectivity index (χ2v) is 4.18. The first-order valence-electron chi connectivity index (χ1n) is 4.12. The zero-order valence-corrected chi connectivity index (χ0v) is 9.35. The van der Waals surface area contributed by atoms with Crippen molar-refractivity contribution in [2.24, 2.45) is 0 Å². The number of aromatic nitrogens is 2. The number of aromatic amines is 1. The van der Waals surface area contributed by atoms with Gasteiger partial charge in [0.1, 0.15) is 5.82 Å². The van der Waals surface area contributed by atoms with Crippen LogP contribution in [0.3, 0.4) is 0 Å². The second-order valence-electron chi connectivity index (χ2n) is 2.77. The van der Waals surface area contributed by atoms with Gasteiger partial charge in [0.05, 0.1) is 0 Å². The smallest absolute Gasteiger partial charge is 0.346 e. The zero-order chi connectivity index (χ0) is 13.0. The van der Waals surface area contributed by atoms with Gasteiger partial charge in [0.15, 0.2) is 0 Å². The van der Waals surface area contributed by atoms with Crippen molar-refractivity contribution in [1.82, 2.24) is 9.97 Å². The summed E-state index contributed by atoms with van der Waals surface area (Å²) in [7, 11) is -5.84. The maximum Gasteiger partial charge on any atom is 0.522 e. The number of H-pyrrole nitrogens is 1. The van der Waals surface area contributed by atoms with Gasteiger partial charge in [-0.1, -0.05) is 6.92 Å². The first-order valence-corrected chi connectivity index (χ1v) is 5.56. The molecule has 16 heavy (non-hydrogen) atoms. The van der Waals surface area contributed by atoms with Crippen LogP contribution < -0.4 is 0 Å². The van der Waals surface area contributed by atoms with Crippen LogP contribution in [-0.4, -0.2) is 28.4 Å². The van der Waals surface area contributed by atoms with Gasteiger partial charge in [-0.15, -0.1) is 0 Å². The van der Waals surface area contributed by atoms with E-state index in [0.717, 1.165) is 12.2 Å². The Morgan fingerprint density at radius 3 is 2.06 bits per heavy atom. The Morgan fingerprint density at radius 1 is 1.50 bits per heavy atom. The molecule has 2 N–H and O–H groups in total. The molecule has 94 valence electrons. The number of nitrogens with one attached hydrogen (secondary N) is 1. The van der Waals surface area contributed by atoms with Crippen molar-refractivity contribution in [2.45, 2.75) is 25.8 Å². The van der Waals surface area contributed by atoms with Crippen LogP contribution >= 0.6 is 0 Å². The van der Waals surface area contributed by atoms with E-state index >= 15 is 0 Å². The maximum atomic E-state index is 10.7. The van der Waals surface area contributed by atoms with Crippen molar-refractivity contribution in [3.8, 4) is 0 Å². The molecule has 1 rings (SSSR count). The zero-order valence-electron chi connectivity index (χ0n) is 8.54. The maximum absolute atomic E-state index is 10.7. The molecule has 0 spiro atoms. The highest BCUT2D eigenvalue weighted by molar-refractivity contribution is 7.86. The average molecular weight is 260 g/mol. The minimum atomic E-state index is -5.84. The molecule has 0 aliphatic rings. The molecule has 0 saturated heterocycles. The van der Waals surface area contributed by atoms with Crippen molar-refractivity contribution in [3.63, 3.8) is 0 Å². The van der Waals surface area contributed by atoms with E-state index in [1.807, 2.05) is 13.1 Å². The molecular weight excluding hydrogens is 249 g/mol. The SMILES string of the molecule is CCc1cnc(C)[nH]1.O=S(=O)(O)C(F)(F)F. The Bertz CT molecular complexity index is 424. The molecule has 0 radical (unpaired) electrons. The van der Waals surface area contributed by atoms with Gasteiger partial charge in [0, 0.05) is 11.9 Å². The molecule has 0 fully saturated rings. The molecule has 0 atom stereocenters. The summed E-state index contributed by atoms with van der Waals surface area (Å²) in [6, 6.07) is 0. The summed E-state index contributed by atoms with van der Waals surface area (Å²) in [5.74, 6) is 1.00. The van der Waals surface area contributed by atoms with E-state index in [9.17, 15) is 13.2 Å². The third kappa shape index (κ3) is 5.12. The average Bonchev–Trinajstić information content (AvgIpc) is 2.48. The standard InChI is InChI=1S/C6H10N2.CHF3O3S/c1-3-6-4-7-5(2)8-6;2-1(3,4)8(5,6)7/h4H,3H2,1-2H3,(H,7,8);(H,5,6,7). The highest BCUT2D eigenvalue weighted by atomic mass is 32.2. The summed E-state index contributed by atoms with van der Waals surface area (Å²) in [5, 5.41) is 0. The first kappa shape index (κ1) is 14.9. The van der Waals surface area contributed by atoms with Gasteiger partial charge in [0.2, 0.25) is 0 Å². The summed E-state index contributed by atoms with van der Waals surface area (Å²) < 4.78 is 57.5. The van der Waals surface area contributed by atoms with Crippen molar-refractivity contribution in [2.75, 3.05) is 0 Å². The van der Waals surface area contributed by atoms with Crippen LogP contribution in [0.1, 0.15) is 18.4 Å². The van der Waals surface area contributed by atoms with E-state index in [-0.39, 0.29) is 0 Å². The summed E-state index contributed by atoms with van der Waals surface area (Å²) >= 11 is 0. The summed E-state index contributed by atoms with van der Waals surface area (Å²) in [4.78, 5) is 7.15. The largest absolute Gasteiger partial charge is 0.522 e. The minimum absolute atomic E-state index is 1.00. The highest BCUT2D eigenvalue weighted by Crippen LogP contribution is 2.20. The van der Waals surface area contributed by atoms with E-state index in [4.69, 9.17) is 13.0 Å². The third-order valence-electron chi connectivity index (χ3n) is 1.43. The molecule has 0 aliphatic heterocycles. The number of rotatable bonds is 1. The lowest BCUT2D eigenvalue weighted by Gasteiger charge is -1.97. The number of imidazole rings is 1. The van der Waals surface area contributed by atoms with Crippen LogP contribution in [0, 0.1) is 6.92 Å². The molecular formula is C7H11F3N2O3S. The molecule has 0 aromatic carbocycles. The van der Waals surface area contributed by atoms with E-state index in [1.165, 1.54) is 5.69 Å². The van der Waals surface area contributed by atoms with E-state index < -0.39 is 15.6 Å². The van der Waals surface area contributed by atoms with Gasteiger partial charge in [-0.25, -0.2) is 4.98 Å². The van der Waals surface area contributed by atoms with Crippen LogP contribution in [0.2, 0.25) is 0 Å². The van der Waals surface area contributed by atoms with Gasteiger partial charge in [-0.2, -0.15) is 21.6 Å². The summed E-state index contributed by atoms with van der Waals surface area (Å²) in [5.41, 5.74) is -4.32. The van der Waals surface area contributed by atoms with Crippen LogP contribution in [0.5, 0.6) is 0 Å². The monoisotopic (exact) mass is 260 g/mol. The Kier molecular flexibility index (Phi) is 4.94. The summed E-state index contributed by atoms with van der Waals surface area (Å²) in [6.45, 7) is 4.06. The molecule has 1 aromatic rings. The molecule has 0 aliphatic carbocycles. The third-order valence-corrected chi connectivity index (χ3v) is 2.01. The number of aryl methyl sites for hydroxylation is 2. The number of halogens is 3. The molecule has 5 nitrogen and oxygen atoms in total. The van der Waals surface area contributed by atoms with Crippen molar-refractivity contribution in [1.29, 1.82) is 0 Å².